The van der Waals surface area contributed by atoms with Crippen LogP contribution in [0.25, 0.3) is 0 Å². The molecular formula is C21H19Cl2N5O2S. The highest BCUT2D eigenvalue weighted by Gasteiger charge is 2.15. The lowest BCUT2D eigenvalue weighted by molar-refractivity contribution is -0.113. The van der Waals surface area contributed by atoms with E-state index in [2.05, 4.69) is 27.4 Å². The number of amides is 2. The molecule has 0 aliphatic rings. The van der Waals surface area contributed by atoms with E-state index >= 15 is 0 Å². The lowest BCUT2D eigenvalue weighted by Crippen LogP contribution is -2.24. The van der Waals surface area contributed by atoms with Gasteiger partial charge in [-0.2, -0.15) is 0 Å². The van der Waals surface area contributed by atoms with Crippen LogP contribution in [0.5, 0.6) is 0 Å². The molecular weight excluding hydrogens is 457 g/mol. The molecule has 0 spiro atoms. The highest BCUT2D eigenvalue weighted by atomic mass is 35.5. The number of halogens is 2. The average molecular weight is 476 g/mol. The van der Waals surface area contributed by atoms with Crippen LogP contribution in [0, 0.1) is 0 Å². The Kier molecular flexibility index (Phi) is 8.11. The molecule has 0 unspecified atom stereocenters. The summed E-state index contributed by atoms with van der Waals surface area (Å²) in [6, 6.07) is 13.6. The van der Waals surface area contributed by atoms with Gasteiger partial charge in [0.05, 0.1) is 23.0 Å². The molecule has 0 radical (unpaired) electrons. The zero-order valence-electron chi connectivity index (χ0n) is 16.3. The number of hydrogen-bond acceptors (Lipinski definition) is 5. The largest absolute Gasteiger partial charge is 0.345 e. The number of hydrogen-bond donors (Lipinski definition) is 2. The van der Waals surface area contributed by atoms with E-state index in [9.17, 15) is 9.59 Å². The Labute approximate surface area is 193 Å². The molecule has 0 saturated heterocycles. The lowest BCUT2D eigenvalue weighted by Gasteiger charge is -2.09. The number of thioether (sulfide) groups is 1. The lowest BCUT2D eigenvalue weighted by atomic mass is 10.2. The van der Waals surface area contributed by atoms with Crippen LogP contribution in [0.4, 0.5) is 5.69 Å². The number of benzene rings is 2. The topological polar surface area (TPSA) is 88.9 Å². The number of anilines is 1. The number of carbonyl (C=O) groups excluding carboxylic acids is 2. The van der Waals surface area contributed by atoms with Gasteiger partial charge in [-0.1, -0.05) is 53.2 Å². The summed E-state index contributed by atoms with van der Waals surface area (Å²) in [6.45, 7) is 4.36. The van der Waals surface area contributed by atoms with Gasteiger partial charge in [-0.3, -0.25) is 9.59 Å². The van der Waals surface area contributed by atoms with E-state index < -0.39 is 0 Å². The van der Waals surface area contributed by atoms with E-state index in [1.807, 2.05) is 0 Å². The van der Waals surface area contributed by atoms with Crippen LogP contribution < -0.4 is 10.6 Å². The van der Waals surface area contributed by atoms with Gasteiger partial charge in [-0.25, -0.2) is 0 Å². The summed E-state index contributed by atoms with van der Waals surface area (Å²) in [6.07, 6.45) is 1.70. The highest BCUT2D eigenvalue weighted by molar-refractivity contribution is 7.99. The summed E-state index contributed by atoms with van der Waals surface area (Å²) < 4.78 is 1.79. The van der Waals surface area contributed by atoms with Crippen molar-refractivity contribution in [3.63, 3.8) is 0 Å². The number of aromatic nitrogens is 3. The fourth-order valence-electron chi connectivity index (χ4n) is 2.61. The van der Waals surface area contributed by atoms with Crippen molar-refractivity contribution < 1.29 is 9.59 Å². The molecule has 3 aromatic rings. The predicted molar refractivity (Wildman–Crippen MR) is 124 cm³/mol. The van der Waals surface area contributed by atoms with Gasteiger partial charge in [0, 0.05) is 17.1 Å². The van der Waals surface area contributed by atoms with E-state index in [0.29, 0.717) is 38.8 Å². The van der Waals surface area contributed by atoms with Gasteiger partial charge in [-0.15, -0.1) is 16.8 Å². The third kappa shape index (κ3) is 6.33. The molecule has 0 aliphatic heterocycles. The Balaban J connectivity index is 1.61. The van der Waals surface area contributed by atoms with Crippen LogP contribution in [0.15, 0.2) is 66.3 Å². The minimum absolute atomic E-state index is 0.123. The molecule has 2 aromatic carbocycles. The normalized spacial score (nSPS) is 10.5. The van der Waals surface area contributed by atoms with Crippen LogP contribution in [-0.2, 0) is 17.9 Å². The Morgan fingerprint density at radius 1 is 1.10 bits per heavy atom. The molecule has 1 aromatic heterocycles. The quantitative estimate of drug-likeness (QED) is 0.352. The maximum absolute atomic E-state index is 12.3. The minimum Gasteiger partial charge on any atom is -0.345 e. The standard InChI is InChI=1S/C21H19Cl2N5O2S/c1-2-11-28-18(12-24-20(30)14-7-9-15(22)10-8-14)26-27-21(28)31-13-19(29)25-17-6-4-3-5-16(17)23/h2-10H,1,11-13H2,(H,24,30)(H,25,29). The minimum atomic E-state index is -0.252. The van der Waals surface area contributed by atoms with Gasteiger partial charge in [0.25, 0.3) is 5.91 Å². The smallest absolute Gasteiger partial charge is 0.251 e. The van der Waals surface area contributed by atoms with Gasteiger partial charge in [0.15, 0.2) is 11.0 Å². The number of para-hydroxylation sites is 1. The molecule has 3 rings (SSSR count). The van der Waals surface area contributed by atoms with Crippen molar-refractivity contribution in [2.45, 2.75) is 18.2 Å². The van der Waals surface area contributed by atoms with Crippen molar-refractivity contribution in [1.82, 2.24) is 20.1 Å². The molecule has 160 valence electrons. The van der Waals surface area contributed by atoms with Crippen molar-refractivity contribution >= 4 is 52.5 Å². The van der Waals surface area contributed by atoms with Gasteiger partial charge in [0.2, 0.25) is 5.91 Å². The molecule has 2 N–H and O–H groups in total. The molecule has 10 heteroatoms. The van der Waals surface area contributed by atoms with Crippen molar-refractivity contribution in [3.8, 4) is 0 Å². The summed E-state index contributed by atoms with van der Waals surface area (Å²) in [7, 11) is 0. The molecule has 0 aliphatic carbocycles. The summed E-state index contributed by atoms with van der Waals surface area (Å²) in [5, 5.41) is 15.4. The summed E-state index contributed by atoms with van der Waals surface area (Å²) in [5.74, 6) is 0.204. The molecule has 2 amide bonds. The van der Waals surface area contributed by atoms with Crippen molar-refractivity contribution in [2.24, 2.45) is 0 Å². The zero-order chi connectivity index (χ0) is 22.2. The first-order valence-corrected chi connectivity index (χ1v) is 11.0. The number of carbonyl (C=O) groups is 2. The maximum atomic E-state index is 12.3. The first-order chi connectivity index (χ1) is 15.0. The van der Waals surface area contributed by atoms with Gasteiger partial charge >= 0.3 is 0 Å². The average Bonchev–Trinajstić information content (AvgIpc) is 3.14. The fraction of sp³-hybridized carbons (Fsp3) is 0.143. The number of rotatable bonds is 9. The van der Waals surface area contributed by atoms with Crippen molar-refractivity contribution in [3.05, 3.63) is 82.6 Å². The molecule has 0 saturated carbocycles. The Hall–Kier alpha value is -2.81. The van der Waals surface area contributed by atoms with Crippen LogP contribution in [0.1, 0.15) is 16.2 Å². The first kappa shape index (κ1) is 22.9. The summed E-state index contributed by atoms with van der Waals surface area (Å²) in [4.78, 5) is 24.6. The molecule has 7 nitrogen and oxygen atoms in total. The van der Waals surface area contributed by atoms with Crippen molar-refractivity contribution in [2.75, 3.05) is 11.1 Å². The van der Waals surface area contributed by atoms with Gasteiger partial charge in [0.1, 0.15) is 0 Å². The summed E-state index contributed by atoms with van der Waals surface area (Å²) in [5.41, 5.74) is 1.04. The number of allylic oxidation sites excluding steroid dienone is 1. The molecule has 0 bridgehead atoms. The second-order valence-corrected chi connectivity index (χ2v) is 8.09. The van der Waals surface area contributed by atoms with E-state index in [0.717, 1.165) is 0 Å². The van der Waals surface area contributed by atoms with E-state index in [1.54, 1.807) is 59.2 Å². The van der Waals surface area contributed by atoms with E-state index in [-0.39, 0.29) is 24.1 Å². The van der Waals surface area contributed by atoms with Crippen LogP contribution in [0.2, 0.25) is 10.0 Å². The highest BCUT2D eigenvalue weighted by Crippen LogP contribution is 2.22. The Bertz CT molecular complexity index is 1090. The Morgan fingerprint density at radius 3 is 2.55 bits per heavy atom. The second kappa shape index (κ2) is 11.0. The molecule has 31 heavy (non-hydrogen) atoms. The SMILES string of the molecule is C=CCn1c(CNC(=O)c2ccc(Cl)cc2)nnc1SCC(=O)Nc1ccccc1Cl. The number of nitrogens with zero attached hydrogens (tertiary/aromatic N) is 3. The van der Waals surface area contributed by atoms with Gasteiger partial charge in [-0.05, 0) is 36.4 Å². The molecule has 0 fully saturated rings. The molecule has 1 heterocycles. The van der Waals surface area contributed by atoms with E-state index in [4.69, 9.17) is 23.2 Å². The maximum Gasteiger partial charge on any atom is 0.251 e. The third-order valence-corrected chi connectivity index (χ3v) is 5.65. The summed E-state index contributed by atoms with van der Waals surface area (Å²) >= 11 is 13.2. The number of nitrogens with one attached hydrogen (secondary N) is 2. The third-order valence-electron chi connectivity index (χ3n) is 4.10. The van der Waals surface area contributed by atoms with Crippen molar-refractivity contribution in [1.29, 1.82) is 0 Å². The van der Waals surface area contributed by atoms with Crippen LogP contribution in [-0.4, -0.2) is 32.3 Å². The van der Waals surface area contributed by atoms with Crippen LogP contribution in [0.3, 0.4) is 0 Å². The first-order valence-electron chi connectivity index (χ1n) is 9.22. The monoisotopic (exact) mass is 475 g/mol. The fourth-order valence-corrected chi connectivity index (χ4v) is 3.69. The molecule has 0 atom stereocenters. The van der Waals surface area contributed by atoms with Crippen LogP contribution >= 0.6 is 35.0 Å². The van der Waals surface area contributed by atoms with E-state index in [1.165, 1.54) is 11.8 Å². The Morgan fingerprint density at radius 2 is 1.84 bits per heavy atom. The zero-order valence-corrected chi connectivity index (χ0v) is 18.7. The predicted octanol–water partition coefficient (Wildman–Crippen LogP) is 4.43. The second-order valence-electron chi connectivity index (χ2n) is 6.30. The van der Waals surface area contributed by atoms with Gasteiger partial charge < -0.3 is 15.2 Å².